The molecule has 1 aromatic rings. The van der Waals surface area contributed by atoms with Crippen molar-refractivity contribution in [2.24, 2.45) is 0 Å². The zero-order valence-corrected chi connectivity index (χ0v) is 9.03. The van der Waals surface area contributed by atoms with E-state index < -0.39 is 5.97 Å². The summed E-state index contributed by atoms with van der Waals surface area (Å²) in [5, 5.41) is 10.5. The highest BCUT2D eigenvalue weighted by Gasteiger charge is 2.24. The molecule has 1 aromatic carbocycles. The van der Waals surface area contributed by atoms with Gasteiger partial charge in [-0.15, -0.1) is 5.53 Å². The van der Waals surface area contributed by atoms with Crippen LogP contribution in [-0.2, 0) is 11.3 Å². The van der Waals surface area contributed by atoms with Crippen molar-refractivity contribution in [3.05, 3.63) is 46.7 Å². The number of hydrazine groups is 2. The molecule has 0 aromatic heterocycles. The van der Waals surface area contributed by atoms with Crippen LogP contribution >= 0.6 is 11.6 Å². The molecule has 0 aliphatic carbocycles. The van der Waals surface area contributed by atoms with Crippen LogP contribution in [0.2, 0.25) is 0 Å². The summed E-state index contributed by atoms with van der Waals surface area (Å²) < 4.78 is 0. The molecule has 0 radical (unpaired) electrons. The fraction of sp³-hybridized carbons (Fsp3) is 0.100. The first kappa shape index (κ1) is 10.8. The Kier molecular flexibility index (Phi) is 2.98. The van der Waals surface area contributed by atoms with Crippen molar-refractivity contribution in [2.45, 2.75) is 6.54 Å². The van der Waals surface area contributed by atoms with Crippen molar-refractivity contribution >= 4 is 17.6 Å². The van der Waals surface area contributed by atoms with Crippen LogP contribution in [0.15, 0.2) is 41.2 Å². The normalized spacial score (nSPS) is 15.2. The first-order valence-corrected chi connectivity index (χ1v) is 5.02. The SMILES string of the molecule is O=C(O)C1=C(Cl)N(Cc2ccccc2)NN1. The minimum Gasteiger partial charge on any atom is -0.476 e. The molecule has 2 rings (SSSR count). The van der Waals surface area contributed by atoms with Crippen LogP contribution in [0.25, 0.3) is 0 Å². The molecular formula is C10H10ClN3O2. The molecular weight excluding hydrogens is 230 g/mol. The molecule has 1 aliphatic rings. The van der Waals surface area contributed by atoms with Gasteiger partial charge in [-0.2, -0.15) is 0 Å². The lowest BCUT2D eigenvalue weighted by atomic mass is 10.2. The predicted octanol–water partition coefficient (Wildman–Crippen LogP) is 1.00. The number of hydrogen-bond acceptors (Lipinski definition) is 4. The topological polar surface area (TPSA) is 64.6 Å². The Balaban J connectivity index is 2.11. The van der Waals surface area contributed by atoms with Crippen molar-refractivity contribution in [3.63, 3.8) is 0 Å². The van der Waals surface area contributed by atoms with Crippen LogP contribution < -0.4 is 11.0 Å². The summed E-state index contributed by atoms with van der Waals surface area (Å²) in [5.74, 6) is -1.09. The Labute approximate surface area is 97.3 Å². The smallest absolute Gasteiger partial charge is 0.356 e. The fourth-order valence-electron chi connectivity index (χ4n) is 1.38. The fourth-order valence-corrected chi connectivity index (χ4v) is 1.61. The second kappa shape index (κ2) is 4.42. The third-order valence-corrected chi connectivity index (χ3v) is 2.55. The standard InChI is InChI=1S/C10H10ClN3O2/c11-9-8(10(15)16)12-13-14(9)6-7-4-2-1-3-5-7/h1-5,12-13H,6H2,(H,15,16). The number of carbonyl (C=O) groups is 1. The minimum absolute atomic E-state index is 0.0439. The van der Waals surface area contributed by atoms with Crippen molar-refractivity contribution in [2.75, 3.05) is 0 Å². The molecule has 0 spiro atoms. The quantitative estimate of drug-likeness (QED) is 0.687. The number of benzene rings is 1. The molecule has 0 atom stereocenters. The summed E-state index contributed by atoms with van der Waals surface area (Å²) in [4.78, 5) is 10.7. The number of nitrogens with zero attached hydrogens (tertiary/aromatic N) is 1. The van der Waals surface area contributed by atoms with Gasteiger partial charge in [-0.1, -0.05) is 41.9 Å². The molecule has 1 heterocycles. The van der Waals surface area contributed by atoms with E-state index in [9.17, 15) is 4.79 Å². The van der Waals surface area contributed by atoms with Crippen LogP contribution in [0.3, 0.4) is 0 Å². The molecule has 84 valence electrons. The summed E-state index contributed by atoms with van der Waals surface area (Å²) in [5.41, 5.74) is 6.17. The number of carboxylic acids is 1. The highest BCUT2D eigenvalue weighted by molar-refractivity contribution is 6.31. The first-order chi connectivity index (χ1) is 7.68. The molecule has 6 heteroatoms. The maximum Gasteiger partial charge on any atom is 0.356 e. The zero-order chi connectivity index (χ0) is 11.5. The minimum atomic E-state index is -1.09. The van der Waals surface area contributed by atoms with Crippen molar-refractivity contribution < 1.29 is 9.90 Å². The van der Waals surface area contributed by atoms with Crippen LogP contribution in [0.5, 0.6) is 0 Å². The average molecular weight is 240 g/mol. The number of aliphatic carboxylic acids is 1. The van der Waals surface area contributed by atoms with Crippen LogP contribution in [0.1, 0.15) is 5.56 Å². The summed E-state index contributed by atoms with van der Waals surface area (Å²) >= 11 is 5.89. The van der Waals surface area contributed by atoms with Gasteiger partial charge >= 0.3 is 5.97 Å². The van der Waals surface area contributed by atoms with Gasteiger partial charge in [0.25, 0.3) is 0 Å². The van der Waals surface area contributed by atoms with Gasteiger partial charge in [0.05, 0.1) is 6.54 Å². The number of nitrogens with one attached hydrogen (secondary N) is 2. The molecule has 0 unspecified atom stereocenters. The largest absolute Gasteiger partial charge is 0.476 e. The van der Waals surface area contributed by atoms with Crippen LogP contribution in [0.4, 0.5) is 0 Å². The van der Waals surface area contributed by atoms with Crippen molar-refractivity contribution in [1.82, 2.24) is 16.0 Å². The van der Waals surface area contributed by atoms with Crippen molar-refractivity contribution in [1.29, 1.82) is 0 Å². The Morgan fingerprint density at radius 2 is 2.06 bits per heavy atom. The highest BCUT2D eigenvalue weighted by atomic mass is 35.5. The van der Waals surface area contributed by atoms with E-state index >= 15 is 0 Å². The molecule has 0 saturated carbocycles. The summed E-state index contributed by atoms with van der Waals surface area (Å²) in [6.45, 7) is 0.490. The van der Waals surface area contributed by atoms with E-state index in [1.807, 2.05) is 30.3 Å². The number of hydrogen-bond donors (Lipinski definition) is 3. The number of halogens is 1. The molecule has 16 heavy (non-hydrogen) atoms. The van der Waals surface area contributed by atoms with E-state index in [1.54, 1.807) is 0 Å². The molecule has 1 aliphatic heterocycles. The lowest BCUT2D eigenvalue weighted by Gasteiger charge is -2.17. The molecule has 0 amide bonds. The van der Waals surface area contributed by atoms with Crippen LogP contribution in [-0.4, -0.2) is 16.1 Å². The highest BCUT2D eigenvalue weighted by Crippen LogP contribution is 2.18. The lowest BCUT2D eigenvalue weighted by Crippen LogP contribution is -2.37. The Hall–Kier alpha value is -1.72. The second-order valence-electron chi connectivity index (χ2n) is 3.28. The van der Waals surface area contributed by atoms with E-state index in [2.05, 4.69) is 11.0 Å². The predicted molar refractivity (Wildman–Crippen MR) is 58.8 cm³/mol. The average Bonchev–Trinajstić information content (AvgIpc) is 2.62. The molecule has 0 bridgehead atoms. The van der Waals surface area contributed by atoms with Gasteiger partial charge in [0.1, 0.15) is 0 Å². The summed E-state index contributed by atoms with van der Waals surface area (Å²) in [6, 6.07) is 9.61. The number of rotatable bonds is 3. The van der Waals surface area contributed by atoms with Gasteiger partial charge in [-0.25, -0.2) is 4.79 Å². The lowest BCUT2D eigenvalue weighted by molar-refractivity contribution is -0.133. The van der Waals surface area contributed by atoms with E-state index in [-0.39, 0.29) is 10.9 Å². The van der Waals surface area contributed by atoms with E-state index in [0.29, 0.717) is 6.54 Å². The van der Waals surface area contributed by atoms with E-state index in [4.69, 9.17) is 16.7 Å². The van der Waals surface area contributed by atoms with Gasteiger partial charge in [0.2, 0.25) is 0 Å². The Morgan fingerprint density at radius 1 is 1.38 bits per heavy atom. The first-order valence-electron chi connectivity index (χ1n) is 4.64. The zero-order valence-electron chi connectivity index (χ0n) is 8.27. The molecule has 5 nitrogen and oxygen atoms in total. The maximum absolute atomic E-state index is 10.7. The Morgan fingerprint density at radius 3 is 2.62 bits per heavy atom. The summed E-state index contributed by atoms with van der Waals surface area (Å²) in [6.07, 6.45) is 0. The Bertz CT molecular complexity index is 433. The maximum atomic E-state index is 10.7. The van der Waals surface area contributed by atoms with Crippen LogP contribution in [0, 0.1) is 0 Å². The number of carboxylic acid groups (broad SMARTS) is 1. The second-order valence-corrected chi connectivity index (χ2v) is 3.64. The van der Waals surface area contributed by atoms with Gasteiger partial charge < -0.3 is 5.11 Å². The van der Waals surface area contributed by atoms with E-state index in [0.717, 1.165) is 5.56 Å². The van der Waals surface area contributed by atoms with Crippen molar-refractivity contribution in [3.8, 4) is 0 Å². The van der Waals surface area contributed by atoms with Gasteiger partial charge in [0.15, 0.2) is 10.9 Å². The summed E-state index contributed by atoms with van der Waals surface area (Å²) in [7, 11) is 0. The van der Waals surface area contributed by atoms with Gasteiger partial charge in [0, 0.05) is 0 Å². The third-order valence-electron chi connectivity index (χ3n) is 2.16. The van der Waals surface area contributed by atoms with Gasteiger partial charge in [-0.3, -0.25) is 10.4 Å². The molecule has 0 saturated heterocycles. The third kappa shape index (κ3) is 2.10. The van der Waals surface area contributed by atoms with E-state index in [1.165, 1.54) is 5.01 Å². The monoisotopic (exact) mass is 239 g/mol. The van der Waals surface area contributed by atoms with Gasteiger partial charge in [-0.05, 0) is 5.56 Å². The molecule has 0 fully saturated rings. The molecule has 3 N–H and O–H groups in total.